The Hall–Kier alpha value is -3.09. The van der Waals surface area contributed by atoms with Crippen LogP contribution in [-0.4, -0.2) is 32.8 Å². The van der Waals surface area contributed by atoms with Gasteiger partial charge >= 0.3 is 5.97 Å². The van der Waals surface area contributed by atoms with E-state index in [0.29, 0.717) is 11.5 Å². The zero-order valence-corrected chi connectivity index (χ0v) is 13.8. The normalized spacial score (nSPS) is 14.0. The number of carbonyl (C=O) groups is 3. The first-order valence-corrected chi connectivity index (χ1v) is 7.97. The molecule has 2 amide bonds. The number of aromatic nitrogens is 2. The van der Waals surface area contributed by atoms with Crippen molar-refractivity contribution < 1.29 is 19.2 Å². The summed E-state index contributed by atoms with van der Waals surface area (Å²) in [5.41, 5.74) is 3.46. The molecule has 1 aliphatic heterocycles. The predicted octanol–water partition coefficient (Wildman–Crippen LogP) is 1.99. The summed E-state index contributed by atoms with van der Waals surface area (Å²) in [6.07, 6.45) is 4.03. The summed E-state index contributed by atoms with van der Waals surface area (Å²) in [5, 5.41) is 0.566. The van der Waals surface area contributed by atoms with Crippen molar-refractivity contribution in [3.63, 3.8) is 0 Å². The fourth-order valence-corrected chi connectivity index (χ4v) is 2.50. The molecular weight excluding hydrogens is 322 g/mol. The number of amides is 2. The van der Waals surface area contributed by atoms with Gasteiger partial charge in [-0.05, 0) is 48.7 Å². The minimum atomic E-state index is -0.615. The Bertz CT molecular complexity index is 819. The van der Waals surface area contributed by atoms with Gasteiger partial charge in [0.05, 0.1) is 17.8 Å². The van der Waals surface area contributed by atoms with E-state index in [1.165, 1.54) is 0 Å². The van der Waals surface area contributed by atoms with E-state index < -0.39 is 17.8 Å². The summed E-state index contributed by atoms with van der Waals surface area (Å²) in [6, 6.07) is 7.51. The maximum absolute atomic E-state index is 11.9. The van der Waals surface area contributed by atoms with E-state index in [9.17, 15) is 14.4 Å². The monoisotopic (exact) mass is 339 g/mol. The average molecular weight is 339 g/mol. The topological polar surface area (TPSA) is 89.5 Å². The first-order chi connectivity index (χ1) is 12.0. The maximum Gasteiger partial charge on any atom is 0.333 e. The molecule has 0 unspecified atom stereocenters. The van der Waals surface area contributed by atoms with Crippen LogP contribution < -0.4 is 0 Å². The summed E-state index contributed by atoms with van der Waals surface area (Å²) >= 11 is 0. The predicted molar refractivity (Wildman–Crippen MR) is 87.7 cm³/mol. The molecule has 2 aromatic rings. The van der Waals surface area contributed by atoms with Crippen molar-refractivity contribution in [1.82, 2.24) is 15.0 Å². The second-order valence-electron chi connectivity index (χ2n) is 5.81. The summed E-state index contributed by atoms with van der Waals surface area (Å²) in [4.78, 5) is 48.2. The van der Waals surface area contributed by atoms with Gasteiger partial charge in [0.1, 0.15) is 0 Å². The second kappa shape index (κ2) is 7.21. The Morgan fingerprint density at radius 3 is 2.40 bits per heavy atom. The maximum atomic E-state index is 11.9. The highest BCUT2D eigenvalue weighted by molar-refractivity contribution is 6.01. The molecule has 0 atom stereocenters. The van der Waals surface area contributed by atoms with Crippen LogP contribution in [0.4, 0.5) is 0 Å². The van der Waals surface area contributed by atoms with E-state index in [2.05, 4.69) is 9.97 Å². The van der Waals surface area contributed by atoms with Crippen molar-refractivity contribution in [1.29, 1.82) is 0 Å². The summed E-state index contributed by atoms with van der Waals surface area (Å²) in [6.45, 7) is 1.98. The van der Waals surface area contributed by atoms with Crippen molar-refractivity contribution in [3.8, 4) is 11.4 Å². The van der Waals surface area contributed by atoms with Gasteiger partial charge in [-0.2, -0.15) is 0 Å². The second-order valence-corrected chi connectivity index (χ2v) is 5.81. The van der Waals surface area contributed by atoms with Gasteiger partial charge < -0.3 is 4.84 Å². The number of carbonyl (C=O) groups excluding carboxylic acids is 3. The van der Waals surface area contributed by atoms with Crippen LogP contribution in [0.25, 0.3) is 11.4 Å². The van der Waals surface area contributed by atoms with Gasteiger partial charge in [0.2, 0.25) is 0 Å². The number of nitrogens with zero attached hydrogens (tertiary/aromatic N) is 3. The molecule has 0 aromatic carbocycles. The Labute approximate surface area is 144 Å². The minimum Gasteiger partial charge on any atom is -0.330 e. The molecule has 1 aliphatic rings. The Morgan fingerprint density at radius 2 is 1.72 bits per heavy atom. The van der Waals surface area contributed by atoms with Crippen LogP contribution in [0.3, 0.4) is 0 Å². The van der Waals surface area contributed by atoms with Crippen LogP contribution in [0.2, 0.25) is 0 Å². The van der Waals surface area contributed by atoms with Gasteiger partial charge in [-0.3, -0.25) is 19.6 Å². The number of aryl methyl sites for hydroxylation is 2. The molecule has 0 radical (unpaired) electrons. The van der Waals surface area contributed by atoms with E-state index in [0.717, 1.165) is 22.5 Å². The van der Waals surface area contributed by atoms with Gasteiger partial charge in [-0.25, -0.2) is 4.79 Å². The molecule has 25 heavy (non-hydrogen) atoms. The van der Waals surface area contributed by atoms with Gasteiger partial charge in [-0.15, -0.1) is 5.06 Å². The zero-order chi connectivity index (χ0) is 17.8. The molecule has 1 fully saturated rings. The SMILES string of the molecule is Cc1ccnc(-c2cc(CCC(=O)ON3C(=O)CCC3=O)ccn2)c1. The summed E-state index contributed by atoms with van der Waals surface area (Å²) < 4.78 is 0. The molecule has 2 aromatic heterocycles. The number of hydrogen-bond donors (Lipinski definition) is 0. The molecular formula is C18H17N3O4. The van der Waals surface area contributed by atoms with Gasteiger partial charge in [0, 0.05) is 25.2 Å². The van der Waals surface area contributed by atoms with E-state index >= 15 is 0 Å². The number of imide groups is 1. The van der Waals surface area contributed by atoms with Crippen LogP contribution in [0.5, 0.6) is 0 Å². The quantitative estimate of drug-likeness (QED) is 0.774. The van der Waals surface area contributed by atoms with Crippen molar-refractivity contribution in [2.75, 3.05) is 0 Å². The zero-order valence-electron chi connectivity index (χ0n) is 13.8. The lowest BCUT2D eigenvalue weighted by atomic mass is 10.1. The Kier molecular flexibility index (Phi) is 4.83. The summed E-state index contributed by atoms with van der Waals surface area (Å²) in [7, 11) is 0. The van der Waals surface area contributed by atoms with Gasteiger partial charge in [0.25, 0.3) is 11.8 Å². The van der Waals surface area contributed by atoms with Crippen molar-refractivity contribution in [2.45, 2.75) is 32.6 Å². The lowest BCUT2D eigenvalue weighted by molar-refractivity contribution is -0.197. The van der Waals surface area contributed by atoms with Crippen molar-refractivity contribution in [3.05, 3.63) is 47.8 Å². The fourth-order valence-electron chi connectivity index (χ4n) is 2.50. The molecule has 0 spiro atoms. The largest absolute Gasteiger partial charge is 0.333 e. The van der Waals surface area contributed by atoms with Crippen molar-refractivity contribution in [2.24, 2.45) is 0 Å². The smallest absolute Gasteiger partial charge is 0.330 e. The molecule has 3 heterocycles. The van der Waals surface area contributed by atoms with Gasteiger partial charge in [0.15, 0.2) is 0 Å². The van der Waals surface area contributed by atoms with Crippen LogP contribution in [-0.2, 0) is 25.6 Å². The number of pyridine rings is 2. The van der Waals surface area contributed by atoms with E-state index in [4.69, 9.17) is 4.84 Å². The Balaban J connectivity index is 1.62. The van der Waals surface area contributed by atoms with Crippen LogP contribution in [0.1, 0.15) is 30.4 Å². The van der Waals surface area contributed by atoms with Crippen LogP contribution in [0, 0.1) is 6.92 Å². The highest BCUT2D eigenvalue weighted by Gasteiger charge is 2.32. The third-order valence-electron chi connectivity index (χ3n) is 3.82. The molecule has 0 aliphatic carbocycles. The average Bonchev–Trinajstić information content (AvgIpc) is 2.92. The van der Waals surface area contributed by atoms with E-state index in [1.54, 1.807) is 18.5 Å². The molecule has 0 bridgehead atoms. The van der Waals surface area contributed by atoms with E-state index in [-0.39, 0.29) is 19.3 Å². The molecule has 0 N–H and O–H groups in total. The number of hydrogen-bond acceptors (Lipinski definition) is 6. The molecule has 1 saturated heterocycles. The van der Waals surface area contributed by atoms with Crippen LogP contribution in [0.15, 0.2) is 36.7 Å². The lowest BCUT2D eigenvalue weighted by Gasteiger charge is -2.12. The highest BCUT2D eigenvalue weighted by Crippen LogP contribution is 2.18. The number of hydroxylamine groups is 2. The Morgan fingerprint density at radius 1 is 1.08 bits per heavy atom. The summed E-state index contributed by atoms with van der Waals surface area (Å²) in [5.74, 6) is -1.57. The standard InChI is InChI=1S/C18H17N3O4/c1-12-6-8-19-14(10-12)15-11-13(7-9-20-15)2-5-18(24)25-21-16(22)3-4-17(21)23/h6-11H,2-5H2,1H3. The first-order valence-electron chi connectivity index (χ1n) is 7.97. The number of rotatable bonds is 5. The molecule has 7 nitrogen and oxygen atoms in total. The third-order valence-corrected chi connectivity index (χ3v) is 3.82. The third kappa shape index (κ3) is 4.06. The first kappa shape index (κ1) is 16.8. The molecule has 7 heteroatoms. The van der Waals surface area contributed by atoms with Gasteiger partial charge in [-0.1, -0.05) is 0 Å². The molecule has 3 rings (SSSR count). The van der Waals surface area contributed by atoms with Crippen LogP contribution >= 0.6 is 0 Å². The molecule has 128 valence electrons. The van der Waals surface area contributed by atoms with Crippen molar-refractivity contribution >= 4 is 17.8 Å². The molecule has 0 saturated carbocycles. The lowest BCUT2D eigenvalue weighted by Crippen LogP contribution is -2.32. The minimum absolute atomic E-state index is 0.0573. The highest BCUT2D eigenvalue weighted by atomic mass is 16.7. The fraction of sp³-hybridized carbons (Fsp3) is 0.278. The van der Waals surface area contributed by atoms with E-state index in [1.807, 2.05) is 25.1 Å².